The first-order valence-corrected chi connectivity index (χ1v) is 4.54. The van der Waals surface area contributed by atoms with Crippen molar-refractivity contribution in [3.63, 3.8) is 0 Å². The van der Waals surface area contributed by atoms with E-state index in [0.717, 1.165) is 0 Å². The third-order valence-corrected chi connectivity index (χ3v) is 2.30. The summed E-state index contributed by atoms with van der Waals surface area (Å²) in [6.45, 7) is 0. The minimum atomic E-state index is -0.760. The number of aromatic nitrogens is 1. The van der Waals surface area contributed by atoms with E-state index in [1.54, 1.807) is 12.1 Å². The summed E-state index contributed by atoms with van der Waals surface area (Å²) in [5.74, 6) is -0.760. The fourth-order valence-corrected chi connectivity index (χ4v) is 1.64. The van der Waals surface area contributed by atoms with Crippen LogP contribution in [0, 0.1) is 5.82 Å². The van der Waals surface area contributed by atoms with Crippen LogP contribution in [0.5, 0.6) is 0 Å². The molecule has 0 amide bonds. The second-order valence-corrected chi connectivity index (χ2v) is 3.21. The molecule has 0 fully saturated rings. The zero-order chi connectivity index (χ0) is 12.9. The highest BCUT2D eigenvalue weighted by molar-refractivity contribution is 6.05. The van der Waals surface area contributed by atoms with Gasteiger partial charge in [-0.25, -0.2) is 4.39 Å². The Bertz CT molecular complexity index is 786. The Labute approximate surface area is 90.4 Å². The largest absolute Gasteiger partial charge is 0.256 e. The maximum atomic E-state index is 14.2. The van der Waals surface area contributed by atoms with Gasteiger partial charge >= 0.3 is 0 Å². The molecule has 0 saturated heterocycles. The molecule has 2 aromatic carbocycles. The molecule has 15 heavy (non-hydrogen) atoms. The molecule has 0 radical (unpaired) electrons. The molecule has 0 aliphatic carbocycles. The minimum absolute atomic E-state index is 0.00120. The molecular weight excluding hydrogens is 189 g/mol. The van der Waals surface area contributed by atoms with Crippen LogP contribution < -0.4 is 0 Å². The first-order chi connectivity index (χ1) is 8.61. The molecule has 0 N–H and O–H groups in total. The van der Waals surface area contributed by atoms with Crippen molar-refractivity contribution in [2.45, 2.75) is 0 Å². The lowest BCUT2D eigenvalue weighted by Gasteiger charge is -2.03. The molecule has 0 saturated carbocycles. The predicted octanol–water partition coefficient (Wildman–Crippen LogP) is 3.53. The molecule has 0 atom stereocenters. The maximum absolute atomic E-state index is 14.2. The van der Waals surface area contributed by atoms with Crippen LogP contribution in [0.2, 0.25) is 0 Å². The van der Waals surface area contributed by atoms with Gasteiger partial charge in [-0.2, -0.15) is 0 Å². The summed E-state index contributed by atoms with van der Waals surface area (Å²) in [7, 11) is 0. The van der Waals surface area contributed by atoms with E-state index in [4.69, 9.17) is 4.11 Å². The number of nitrogens with zero attached hydrogens (tertiary/aromatic N) is 1. The van der Waals surface area contributed by atoms with Gasteiger partial charge in [0.25, 0.3) is 0 Å². The van der Waals surface area contributed by atoms with Crippen LogP contribution in [0.4, 0.5) is 4.39 Å². The quantitative estimate of drug-likeness (QED) is 0.506. The molecule has 0 aliphatic rings. The van der Waals surface area contributed by atoms with Crippen molar-refractivity contribution in [2.24, 2.45) is 0 Å². The molecule has 3 aromatic rings. The zero-order valence-electron chi connectivity index (χ0n) is 10.7. The molecule has 2 heteroatoms. The number of fused-ring (bicyclic) bond motifs is 3. The number of benzene rings is 2. The molecule has 1 heterocycles. The smallest absolute Gasteiger partial charge is 0.131 e. The maximum Gasteiger partial charge on any atom is 0.131 e. The summed E-state index contributed by atoms with van der Waals surface area (Å²) in [5, 5.41) is 0.659. The predicted molar refractivity (Wildman–Crippen MR) is 59.2 cm³/mol. The Morgan fingerprint density at radius 2 is 1.93 bits per heavy atom. The van der Waals surface area contributed by atoms with Gasteiger partial charge in [0.15, 0.2) is 0 Å². The Morgan fingerprint density at radius 3 is 2.80 bits per heavy atom. The molecule has 0 spiro atoms. The van der Waals surface area contributed by atoms with Gasteiger partial charge < -0.3 is 0 Å². The number of halogens is 1. The minimum Gasteiger partial charge on any atom is -0.256 e. The Hall–Kier alpha value is -1.96. The molecule has 1 nitrogen and oxygen atoms in total. The van der Waals surface area contributed by atoms with Gasteiger partial charge in [0.2, 0.25) is 0 Å². The summed E-state index contributed by atoms with van der Waals surface area (Å²) in [4.78, 5) is 4.12. The lowest BCUT2D eigenvalue weighted by atomic mass is 10.1. The van der Waals surface area contributed by atoms with Crippen molar-refractivity contribution < 1.29 is 8.50 Å². The third kappa shape index (κ3) is 1.18. The van der Waals surface area contributed by atoms with Gasteiger partial charge in [0.1, 0.15) is 5.82 Å². The highest BCUT2D eigenvalue weighted by Crippen LogP contribution is 2.25. The van der Waals surface area contributed by atoms with Crippen molar-refractivity contribution in [2.75, 3.05) is 0 Å². The van der Waals surface area contributed by atoms with Crippen LogP contribution >= 0.6 is 0 Å². The van der Waals surface area contributed by atoms with Crippen molar-refractivity contribution in [1.82, 2.24) is 4.98 Å². The monoisotopic (exact) mass is 200 g/mol. The van der Waals surface area contributed by atoms with Crippen LogP contribution in [0.25, 0.3) is 21.7 Å². The lowest BCUT2D eigenvalue weighted by Crippen LogP contribution is -1.84. The first-order valence-electron chi connectivity index (χ1n) is 6.04. The van der Waals surface area contributed by atoms with Crippen molar-refractivity contribution in [1.29, 1.82) is 0 Å². The second-order valence-electron chi connectivity index (χ2n) is 3.21. The fraction of sp³-hybridized carbons (Fsp3) is 0. The standard InChI is InChI=1S/C13H8FN/c14-12-8-9-4-3-7-15-13(9)11-6-2-1-5-10(11)12/h1-8H/i5D,6D,8D. The average Bonchev–Trinajstić information content (AvgIpc) is 2.38. The molecule has 1 aromatic heterocycles. The van der Waals surface area contributed by atoms with Crippen LogP contribution in [0.1, 0.15) is 4.11 Å². The highest BCUT2D eigenvalue weighted by Gasteiger charge is 2.05. The zero-order valence-corrected chi connectivity index (χ0v) is 7.71. The second kappa shape index (κ2) is 3.02. The number of rotatable bonds is 0. The van der Waals surface area contributed by atoms with Crippen molar-refractivity contribution in [3.8, 4) is 0 Å². The van der Waals surface area contributed by atoms with Gasteiger partial charge in [0.05, 0.1) is 9.63 Å². The summed E-state index contributed by atoms with van der Waals surface area (Å²) >= 11 is 0. The highest BCUT2D eigenvalue weighted by atomic mass is 19.1. The Kier molecular flexibility index (Phi) is 1.17. The van der Waals surface area contributed by atoms with E-state index in [9.17, 15) is 4.39 Å². The Morgan fingerprint density at radius 1 is 1.13 bits per heavy atom. The summed E-state index contributed by atoms with van der Waals surface area (Å²) in [5.41, 5.74) is 0.401. The summed E-state index contributed by atoms with van der Waals surface area (Å²) in [6, 6.07) is 5.85. The van der Waals surface area contributed by atoms with E-state index in [-0.39, 0.29) is 23.5 Å². The molecule has 3 rings (SSSR count). The van der Waals surface area contributed by atoms with Gasteiger partial charge in [-0.3, -0.25) is 4.98 Å². The van der Waals surface area contributed by atoms with E-state index in [2.05, 4.69) is 4.98 Å². The van der Waals surface area contributed by atoms with Crippen LogP contribution in [-0.2, 0) is 0 Å². The van der Waals surface area contributed by atoms with E-state index in [0.29, 0.717) is 16.3 Å². The summed E-state index contributed by atoms with van der Waals surface area (Å²) in [6.07, 6.45) is 1.54. The lowest BCUT2D eigenvalue weighted by molar-refractivity contribution is 0.641. The van der Waals surface area contributed by atoms with Crippen LogP contribution in [0.3, 0.4) is 0 Å². The van der Waals surface area contributed by atoms with E-state index in [1.165, 1.54) is 18.3 Å². The first kappa shape index (κ1) is 5.81. The molecule has 0 aliphatic heterocycles. The van der Waals surface area contributed by atoms with Gasteiger partial charge in [0, 0.05) is 22.4 Å². The number of hydrogen-bond donors (Lipinski definition) is 0. The Balaban J connectivity index is 2.74. The SMILES string of the molecule is [2H]c1c(F)c2c([2H])ccc([2H])c2c2ncccc12. The van der Waals surface area contributed by atoms with E-state index < -0.39 is 5.82 Å². The van der Waals surface area contributed by atoms with E-state index >= 15 is 0 Å². The van der Waals surface area contributed by atoms with Crippen LogP contribution in [-0.4, -0.2) is 4.98 Å². The number of pyridine rings is 1. The van der Waals surface area contributed by atoms with Crippen LogP contribution in [0.15, 0.2) is 48.6 Å². The van der Waals surface area contributed by atoms with Gasteiger partial charge in [-0.1, -0.05) is 30.3 Å². The molecule has 0 bridgehead atoms. The van der Waals surface area contributed by atoms with Gasteiger partial charge in [-0.15, -0.1) is 0 Å². The van der Waals surface area contributed by atoms with Crippen molar-refractivity contribution in [3.05, 3.63) is 54.4 Å². The third-order valence-electron chi connectivity index (χ3n) is 2.30. The van der Waals surface area contributed by atoms with Gasteiger partial charge in [-0.05, 0) is 12.1 Å². The topological polar surface area (TPSA) is 12.9 Å². The normalized spacial score (nSPS) is 13.8. The molecular formula is C13H8FN. The summed E-state index contributed by atoms with van der Waals surface area (Å²) < 4.78 is 37.5. The fourth-order valence-electron chi connectivity index (χ4n) is 1.64. The average molecular weight is 200 g/mol. The van der Waals surface area contributed by atoms with E-state index in [1.807, 2.05) is 0 Å². The molecule has 72 valence electrons. The van der Waals surface area contributed by atoms with Crippen molar-refractivity contribution >= 4 is 21.7 Å². The number of hydrogen-bond acceptors (Lipinski definition) is 1. The molecule has 0 unspecified atom stereocenters.